The maximum Gasteiger partial charge on any atom is 0.252 e. The van der Waals surface area contributed by atoms with Gasteiger partial charge in [-0.05, 0) is 179 Å². The third kappa shape index (κ3) is 10.0. The SMILES string of the molecule is [2H]c1c([2H])c([2H])c(-c2ccc3c(c2)N(c2cc(-n4c5ccccc5c5ccccc54)ccc2C#N)c2cc(-c4cc(C(C)(C)C)cc(C(C)(C)C)c4)cc4c2B3c2ccc(-c3cc(C(C)(C)C)cc(C(C)(C)C)c3)cc2N4c2cc(-n3c4ccccc4c4ccccc43)ccc2C#N)c([2H])c1[2H]. The van der Waals surface area contributed by atoms with Crippen molar-refractivity contribution in [3.8, 4) is 56.9 Å². The Labute approximate surface area is 577 Å². The lowest BCUT2D eigenvalue weighted by Crippen LogP contribution is -2.61. The molecule has 0 fully saturated rings. The fourth-order valence-corrected chi connectivity index (χ4v) is 15.0. The molecule has 0 amide bonds. The molecule has 12 aromatic carbocycles. The van der Waals surface area contributed by atoms with Gasteiger partial charge in [0.05, 0.1) is 51.4 Å². The summed E-state index contributed by atoms with van der Waals surface area (Å²) in [6, 6.07) is 80.8. The first-order valence-electron chi connectivity index (χ1n) is 36.1. The van der Waals surface area contributed by atoms with Crippen molar-refractivity contribution in [3.63, 3.8) is 0 Å². The number of nitrogens with zero attached hydrogens (tertiary/aromatic N) is 6. The van der Waals surface area contributed by atoms with E-state index >= 15 is 0 Å². The molecule has 0 atom stereocenters. The van der Waals surface area contributed by atoms with E-state index in [1.54, 1.807) is 0 Å². The summed E-state index contributed by atoms with van der Waals surface area (Å²) >= 11 is 0. The number of nitriles is 2. The second-order valence-electron chi connectivity index (χ2n) is 30.5. The Hall–Kier alpha value is -11.1. The molecule has 14 aromatic rings. The van der Waals surface area contributed by atoms with Gasteiger partial charge in [-0.25, -0.2) is 0 Å². The molecule has 0 unspecified atom stereocenters. The lowest BCUT2D eigenvalue weighted by atomic mass is 9.33. The first kappa shape index (κ1) is 55.2. The Morgan fingerprint density at radius 3 is 1.01 bits per heavy atom. The molecule has 0 saturated heterocycles. The quantitative estimate of drug-likeness (QED) is 0.149. The Bertz CT molecular complexity index is 5810. The molecule has 2 aromatic heterocycles. The van der Waals surface area contributed by atoms with Crippen molar-refractivity contribution in [2.45, 2.75) is 105 Å². The number of benzene rings is 12. The molecule has 6 nitrogen and oxygen atoms in total. The lowest BCUT2D eigenvalue weighted by molar-refractivity contribution is 0.568. The van der Waals surface area contributed by atoms with E-state index in [1.165, 1.54) is 11.1 Å². The fourth-order valence-electron chi connectivity index (χ4n) is 15.0. The van der Waals surface area contributed by atoms with Crippen molar-refractivity contribution in [1.29, 1.82) is 10.5 Å². The Morgan fingerprint density at radius 2 is 0.649 bits per heavy atom. The zero-order valence-corrected chi connectivity index (χ0v) is 57.0. The Kier molecular flexibility index (Phi) is 12.7. The average molecular weight is 1260 g/mol. The van der Waals surface area contributed by atoms with Gasteiger partial charge in [0, 0.05) is 55.7 Å². The molecule has 16 rings (SSSR count). The molecule has 2 aliphatic rings. The standard InChI is InChI=1S/C90H77BN6/c1-87(2,3)64-42-61(43-65(50-64)88(4,5)6)58-37-41-75-83(47-58)97(81-53-69(39-35-60(81)55-93)95-78-32-22-18-28-72(78)73-29-19-23-33-79(73)95)85-49-63(62-44-66(89(7,8)9)51-67(45-62)90(10,11)12)48-84-86(85)91(75)74-40-36-57(56-24-14-13-15-25-56)46-82(74)96(84)80-52-68(38-34-59(80)54-92)94-76-30-20-16-26-70(76)71-27-17-21-31-77(71)94/h13-53H,1-12H3/i13D,14D,15D,24D,25D. The number of para-hydroxylation sites is 4. The van der Waals surface area contributed by atoms with Gasteiger partial charge in [0.15, 0.2) is 0 Å². The van der Waals surface area contributed by atoms with Crippen molar-refractivity contribution in [2.24, 2.45) is 0 Å². The monoisotopic (exact) mass is 1260 g/mol. The van der Waals surface area contributed by atoms with Crippen LogP contribution >= 0.6 is 0 Å². The summed E-state index contributed by atoms with van der Waals surface area (Å²) in [4.78, 5) is 4.54. The van der Waals surface area contributed by atoms with Crippen molar-refractivity contribution < 1.29 is 6.85 Å². The maximum atomic E-state index is 11.9. The van der Waals surface area contributed by atoms with Crippen LogP contribution in [0.4, 0.5) is 34.1 Å². The van der Waals surface area contributed by atoms with Gasteiger partial charge in [-0.2, -0.15) is 10.5 Å². The molecule has 0 spiro atoms. The molecule has 7 heteroatoms. The summed E-state index contributed by atoms with van der Waals surface area (Å²) < 4.78 is 50.3. The van der Waals surface area contributed by atoms with E-state index in [0.29, 0.717) is 33.8 Å². The largest absolute Gasteiger partial charge is 0.310 e. The highest BCUT2D eigenvalue weighted by atomic mass is 15.2. The molecule has 2 aliphatic heterocycles. The zero-order chi connectivity index (χ0) is 71.5. The van der Waals surface area contributed by atoms with E-state index in [-0.39, 0.29) is 39.3 Å². The normalized spacial score (nSPS) is 13.8. The van der Waals surface area contributed by atoms with E-state index < -0.39 is 24.8 Å². The number of aromatic nitrogens is 2. The van der Waals surface area contributed by atoms with Gasteiger partial charge in [-0.15, -0.1) is 0 Å². The van der Waals surface area contributed by atoms with Crippen LogP contribution in [0.1, 0.15) is 123 Å². The minimum atomic E-state index is -0.529. The van der Waals surface area contributed by atoms with Gasteiger partial charge >= 0.3 is 0 Å². The highest BCUT2D eigenvalue weighted by Gasteiger charge is 2.45. The van der Waals surface area contributed by atoms with Gasteiger partial charge in [0.1, 0.15) is 12.1 Å². The van der Waals surface area contributed by atoms with Crippen molar-refractivity contribution in [3.05, 3.63) is 282 Å². The summed E-state index contributed by atoms with van der Waals surface area (Å²) in [5, 5.41) is 28.1. The van der Waals surface area contributed by atoms with Crippen LogP contribution < -0.4 is 26.2 Å². The van der Waals surface area contributed by atoms with Crippen LogP contribution in [0, 0.1) is 22.7 Å². The van der Waals surface area contributed by atoms with E-state index in [0.717, 1.165) is 122 Å². The van der Waals surface area contributed by atoms with Crippen molar-refractivity contribution in [1.82, 2.24) is 9.13 Å². The predicted octanol–water partition coefficient (Wildman–Crippen LogP) is 21.9. The third-order valence-corrected chi connectivity index (χ3v) is 20.2. The number of hydrogen-bond donors (Lipinski definition) is 0. The van der Waals surface area contributed by atoms with Crippen LogP contribution in [-0.4, -0.2) is 15.8 Å². The van der Waals surface area contributed by atoms with Crippen LogP contribution in [0.5, 0.6) is 0 Å². The van der Waals surface area contributed by atoms with E-state index in [1.807, 2.05) is 30.3 Å². The minimum Gasteiger partial charge on any atom is -0.310 e. The summed E-state index contributed by atoms with van der Waals surface area (Å²) in [5.41, 5.74) is 21.9. The van der Waals surface area contributed by atoms with Crippen LogP contribution in [0.3, 0.4) is 0 Å². The van der Waals surface area contributed by atoms with Gasteiger partial charge in [-0.3, -0.25) is 0 Å². The number of anilines is 6. The zero-order valence-electron chi connectivity index (χ0n) is 62.0. The van der Waals surface area contributed by atoms with Crippen molar-refractivity contribution >= 4 is 101 Å². The number of hydrogen-bond acceptors (Lipinski definition) is 4. The van der Waals surface area contributed by atoms with Crippen LogP contribution in [-0.2, 0) is 21.7 Å². The molecule has 0 bridgehead atoms. The number of rotatable bonds is 7. The van der Waals surface area contributed by atoms with Crippen molar-refractivity contribution in [2.75, 3.05) is 9.80 Å². The highest BCUT2D eigenvalue weighted by molar-refractivity contribution is 7.00. The second kappa shape index (κ2) is 22.2. The van der Waals surface area contributed by atoms with Crippen LogP contribution in [0.15, 0.2) is 249 Å². The number of fused-ring (bicyclic) bond motifs is 10. The van der Waals surface area contributed by atoms with Gasteiger partial charge in [0.25, 0.3) is 6.71 Å². The predicted molar refractivity (Wildman–Crippen MR) is 410 cm³/mol. The average Bonchev–Trinajstić information content (AvgIpc) is 0.873. The van der Waals surface area contributed by atoms with Crippen LogP contribution in [0.25, 0.3) is 88.4 Å². The first-order chi connectivity index (χ1) is 48.6. The molecular formula is C90H77BN6. The molecule has 470 valence electrons. The summed E-state index contributed by atoms with van der Waals surface area (Å²) in [5.74, 6) is 0. The lowest BCUT2D eigenvalue weighted by Gasteiger charge is -2.45. The van der Waals surface area contributed by atoms with E-state index in [2.05, 4.69) is 302 Å². The molecule has 0 N–H and O–H groups in total. The van der Waals surface area contributed by atoms with E-state index in [4.69, 9.17) is 4.11 Å². The molecule has 4 heterocycles. The fraction of sp³-hybridized carbons (Fsp3) is 0.178. The summed E-state index contributed by atoms with van der Waals surface area (Å²) in [6.07, 6.45) is 0. The van der Waals surface area contributed by atoms with Gasteiger partial charge < -0.3 is 18.9 Å². The smallest absolute Gasteiger partial charge is 0.252 e. The highest BCUT2D eigenvalue weighted by Crippen LogP contribution is 2.51. The molecule has 97 heavy (non-hydrogen) atoms. The third-order valence-electron chi connectivity index (χ3n) is 20.2. The topological polar surface area (TPSA) is 63.9 Å². The van der Waals surface area contributed by atoms with Gasteiger partial charge in [-0.1, -0.05) is 247 Å². The Morgan fingerprint density at radius 1 is 0.320 bits per heavy atom. The first-order valence-corrected chi connectivity index (χ1v) is 33.6. The molecule has 0 aliphatic carbocycles. The van der Waals surface area contributed by atoms with E-state index in [9.17, 15) is 13.3 Å². The summed E-state index contributed by atoms with van der Waals surface area (Å²) in [7, 11) is 0. The summed E-state index contributed by atoms with van der Waals surface area (Å²) in [6.45, 7) is 26.6. The molecule has 0 saturated carbocycles. The van der Waals surface area contributed by atoms with Gasteiger partial charge in [0.2, 0.25) is 0 Å². The van der Waals surface area contributed by atoms with Crippen LogP contribution in [0.2, 0.25) is 0 Å². The molecule has 0 radical (unpaired) electrons. The molecular weight excluding hydrogens is 1180 g/mol. The second-order valence-corrected chi connectivity index (χ2v) is 30.5. The Balaban J connectivity index is 1.08. The minimum absolute atomic E-state index is 0.0661. The maximum absolute atomic E-state index is 11.9.